The van der Waals surface area contributed by atoms with E-state index in [-0.39, 0.29) is 16.5 Å². The molecule has 1 aliphatic heterocycles. The van der Waals surface area contributed by atoms with Gasteiger partial charge in [-0.3, -0.25) is 24.5 Å². The minimum Gasteiger partial charge on any atom is -0.358 e. The van der Waals surface area contributed by atoms with E-state index in [1.54, 1.807) is 23.5 Å². The summed E-state index contributed by atoms with van der Waals surface area (Å²) < 4.78 is 27.3. The zero-order chi connectivity index (χ0) is 20.4. The normalized spacial score (nSPS) is 15.0. The molecule has 1 N–H and O–H groups in total. The molecule has 7 nitrogen and oxygen atoms in total. The van der Waals surface area contributed by atoms with Crippen molar-refractivity contribution in [2.24, 2.45) is 0 Å². The molecule has 29 heavy (non-hydrogen) atoms. The molecule has 1 fully saturated rings. The number of nitrogens with one attached hydrogen (secondary N) is 1. The summed E-state index contributed by atoms with van der Waals surface area (Å²) in [5.41, 5.74) is 0.0118. The first-order valence-corrected chi connectivity index (χ1v) is 9.30. The van der Waals surface area contributed by atoms with E-state index >= 15 is 0 Å². The Labute approximate surface area is 165 Å². The first-order chi connectivity index (χ1) is 14.0. The molecule has 1 aliphatic rings. The molecule has 0 spiro atoms. The molecule has 9 heteroatoms. The summed E-state index contributed by atoms with van der Waals surface area (Å²) in [6, 6.07) is 1.64. The lowest BCUT2D eigenvalue weighted by atomic mass is 10.1. The van der Waals surface area contributed by atoms with Gasteiger partial charge in [0.25, 0.3) is 5.91 Å². The summed E-state index contributed by atoms with van der Waals surface area (Å²) in [5, 5.41) is -0.170. The maximum Gasteiger partial charge on any atom is 0.259 e. The predicted octanol–water partition coefficient (Wildman–Crippen LogP) is 1.60. The number of halogens is 2. The van der Waals surface area contributed by atoms with Crippen LogP contribution in [0.4, 0.5) is 8.78 Å². The van der Waals surface area contributed by atoms with Crippen LogP contribution in [0, 0.1) is 11.6 Å². The third-order valence-corrected chi connectivity index (χ3v) is 5.10. The minimum atomic E-state index is -0.868. The summed E-state index contributed by atoms with van der Waals surface area (Å²) in [4.78, 5) is 40.1. The number of H-pyrrole nitrogens is 1. The molecule has 4 rings (SSSR count). The third-order valence-electron chi connectivity index (χ3n) is 5.10. The van der Waals surface area contributed by atoms with Crippen LogP contribution in [-0.2, 0) is 6.42 Å². The van der Waals surface area contributed by atoms with Crippen LogP contribution in [0.1, 0.15) is 16.1 Å². The van der Waals surface area contributed by atoms with Gasteiger partial charge >= 0.3 is 0 Å². The Morgan fingerprint density at radius 1 is 1.14 bits per heavy atom. The summed E-state index contributed by atoms with van der Waals surface area (Å²) in [7, 11) is 0. The van der Waals surface area contributed by atoms with Gasteiger partial charge in [0.15, 0.2) is 0 Å². The van der Waals surface area contributed by atoms with Crippen LogP contribution in [0.2, 0.25) is 0 Å². The van der Waals surface area contributed by atoms with Crippen molar-refractivity contribution in [3.63, 3.8) is 0 Å². The fourth-order valence-corrected chi connectivity index (χ4v) is 3.49. The molecule has 0 aliphatic carbocycles. The van der Waals surface area contributed by atoms with Crippen molar-refractivity contribution in [3.8, 4) is 0 Å². The zero-order valence-corrected chi connectivity index (χ0v) is 15.6. The Kier molecular flexibility index (Phi) is 5.30. The van der Waals surface area contributed by atoms with Crippen LogP contribution in [0.3, 0.4) is 0 Å². The van der Waals surface area contributed by atoms with Gasteiger partial charge in [-0.15, -0.1) is 0 Å². The van der Waals surface area contributed by atoms with Gasteiger partial charge in [-0.25, -0.2) is 8.78 Å². The summed E-state index contributed by atoms with van der Waals surface area (Å²) >= 11 is 0. The molecular formula is C20H19F2N5O2. The Balaban J connectivity index is 1.43. The number of pyridine rings is 1. The summed E-state index contributed by atoms with van der Waals surface area (Å²) in [5.74, 6) is -2.17. The van der Waals surface area contributed by atoms with Crippen molar-refractivity contribution in [2.75, 3.05) is 32.7 Å². The summed E-state index contributed by atoms with van der Waals surface area (Å²) in [6.45, 7) is 3.07. The van der Waals surface area contributed by atoms with Crippen molar-refractivity contribution >= 4 is 16.8 Å². The van der Waals surface area contributed by atoms with E-state index in [4.69, 9.17) is 0 Å². The average molecular weight is 399 g/mol. The highest BCUT2D eigenvalue weighted by molar-refractivity contribution is 5.97. The number of carbonyl (C=O) groups is 1. The first-order valence-electron chi connectivity index (χ1n) is 9.30. The van der Waals surface area contributed by atoms with Crippen LogP contribution >= 0.6 is 0 Å². The van der Waals surface area contributed by atoms with Crippen LogP contribution in [-0.4, -0.2) is 63.4 Å². The van der Waals surface area contributed by atoms with Gasteiger partial charge in [0, 0.05) is 70.0 Å². The first kappa shape index (κ1) is 19.1. The van der Waals surface area contributed by atoms with Gasteiger partial charge in [-0.05, 0) is 6.07 Å². The Hall–Kier alpha value is -3.20. The fraction of sp³-hybridized carbons (Fsp3) is 0.300. The lowest BCUT2D eigenvalue weighted by Crippen LogP contribution is -2.49. The highest BCUT2D eigenvalue weighted by Crippen LogP contribution is 2.16. The molecule has 1 amide bonds. The number of amides is 1. The Morgan fingerprint density at radius 2 is 1.93 bits per heavy atom. The van der Waals surface area contributed by atoms with E-state index < -0.39 is 23.0 Å². The second-order valence-corrected chi connectivity index (χ2v) is 6.92. The molecular weight excluding hydrogens is 380 g/mol. The molecule has 0 unspecified atom stereocenters. The number of fused-ring (bicyclic) bond motifs is 1. The van der Waals surface area contributed by atoms with E-state index in [0.717, 1.165) is 24.7 Å². The van der Waals surface area contributed by atoms with Gasteiger partial charge in [-0.2, -0.15) is 0 Å². The quantitative estimate of drug-likeness (QED) is 0.721. The van der Waals surface area contributed by atoms with Crippen LogP contribution in [0.25, 0.3) is 10.9 Å². The van der Waals surface area contributed by atoms with Crippen molar-refractivity contribution in [3.05, 3.63) is 70.0 Å². The number of nitrogens with zero attached hydrogens (tertiary/aromatic N) is 4. The van der Waals surface area contributed by atoms with Crippen LogP contribution in [0.5, 0.6) is 0 Å². The number of carbonyl (C=O) groups excluding carboxylic acids is 1. The number of hydrogen-bond acceptors (Lipinski definition) is 5. The SMILES string of the molecule is O=C(c1c[nH]c2c(F)cc(F)cc2c1=O)N1CCN(CCc2cnccn2)CC1. The number of hydrogen-bond donors (Lipinski definition) is 1. The molecule has 3 heterocycles. The minimum absolute atomic E-state index is 0.109. The highest BCUT2D eigenvalue weighted by atomic mass is 19.1. The molecule has 2 aromatic heterocycles. The van der Waals surface area contributed by atoms with Crippen LogP contribution in [0.15, 0.2) is 41.7 Å². The number of piperazine rings is 1. The van der Waals surface area contributed by atoms with Gasteiger partial charge < -0.3 is 9.88 Å². The molecule has 1 saturated heterocycles. The predicted molar refractivity (Wildman–Crippen MR) is 103 cm³/mol. The third kappa shape index (κ3) is 4.00. The van der Waals surface area contributed by atoms with Crippen molar-refractivity contribution < 1.29 is 13.6 Å². The largest absolute Gasteiger partial charge is 0.358 e. The van der Waals surface area contributed by atoms with E-state index in [1.165, 1.54) is 6.20 Å². The molecule has 0 atom stereocenters. The standard InChI is InChI=1S/C20H19F2N5O2/c21-13-9-15-18(17(22)10-13)25-12-16(19(15)28)20(29)27-7-5-26(6-8-27)4-1-14-11-23-2-3-24-14/h2-3,9-12H,1,4-8H2,(H,25,28). The van der Waals surface area contributed by atoms with Gasteiger partial charge in [-0.1, -0.05) is 0 Å². The maximum atomic E-state index is 13.8. The van der Waals surface area contributed by atoms with Gasteiger partial charge in [0.2, 0.25) is 5.43 Å². The smallest absolute Gasteiger partial charge is 0.259 e. The molecule has 0 bridgehead atoms. The maximum absolute atomic E-state index is 13.8. The summed E-state index contributed by atoms with van der Waals surface area (Å²) in [6.07, 6.45) is 6.99. The molecule has 0 saturated carbocycles. The fourth-order valence-electron chi connectivity index (χ4n) is 3.49. The number of benzene rings is 1. The Morgan fingerprint density at radius 3 is 2.66 bits per heavy atom. The van der Waals surface area contributed by atoms with E-state index in [2.05, 4.69) is 19.9 Å². The lowest BCUT2D eigenvalue weighted by Gasteiger charge is -2.34. The van der Waals surface area contributed by atoms with Gasteiger partial charge in [0.05, 0.1) is 16.6 Å². The topological polar surface area (TPSA) is 82.2 Å². The average Bonchev–Trinajstić information content (AvgIpc) is 2.74. The van der Waals surface area contributed by atoms with Crippen molar-refractivity contribution in [2.45, 2.75) is 6.42 Å². The van der Waals surface area contributed by atoms with E-state index in [9.17, 15) is 18.4 Å². The molecule has 150 valence electrons. The van der Waals surface area contributed by atoms with Crippen LogP contribution < -0.4 is 5.43 Å². The van der Waals surface area contributed by atoms with Crippen molar-refractivity contribution in [1.29, 1.82) is 0 Å². The molecule has 0 radical (unpaired) electrons. The number of rotatable bonds is 4. The van der Waals surface area contributed by atoms with E-state index in [1.807, 2.05) is 0 Å². The van der Waals surface area contributed by atoms with Gasteiger partial charge in [0.1, 0.15) is 17.2 Å². The van der Waals surface area contributed by atoms with E-state index in [0.29, 0.717) is 32.2 Å². The number of aromatic amines is 1. The monoisotopic (exact) mass is 399 g/mol. The second kappa shape index (κ2) is 8.04. The molecule has 1 aromatic carbocycles. The number of aromatic nitrogens is 3. The highest BCUT2D eigenvalue weighted by Gasteiger charge is 2.25. The molecule has 3 aromatic rings. The van der Waals surface area contributed by atoms with Crippen molar-refractivity contribution in [1.82, 2.24) is 24.8 Å². The zero-order valence-electron chi connectivity index (χ0n) is 15.6. The Bertz CT molecular complexity index is 1100. The second-order valence-electron chi connectivity index (χ2n) is 6.92. The lowest BCUT2D eigenvalue weighted by molar-refractivity contribution is 0.0637.